The van der Waals surface area contributed by atoms with E-state index in [2.05, 4.69) is 5.32 Å². The highest BCUT2D eigenvalue weighted by Gasteiger charge is 2.36. The maximum atomic E-state index is 11.1. The van der Waals surface area contributed by atoms with Crippen LogP contribution in [-0.4, -0.2) is 23.9 Å². The summed E-state index contributed by atoms with van der Waals surface area (Å²) in [7, 11) is 0. The molecule has 18 heavy (non-hydrogen) atoms. The molecule has 1 aromatic carbocycles. The largest absolute Gasteiger partial charge is 0.480 e. The van der Waals surface area contributed by atoms with Crippen LogP contribution in [0, 0.1) is 5.92 Å². The molecule has 0 saturated heterocycles. The predicted octanol–water partition coefficient (Wildman–Crippen LogP) is 1.37. The van der Waals surface area contributed by atoms with Gasteiger partial charge < -0.3 is 14.6 Å². The van der Waals surface area contributed by atoms with Gasteiger partial charge in [-0.1, -0.05) is 12.1 Å². The SMILES string of the molecule is O=C(O)C(NCc1cccc2c1OCO2)C1CC1. The molecule has 2 aliphatic rings. The molecular weight excluding hydrogens is 234 g/mol. The third-order valence-electron chi connectivity index (χ3n) is 3.35. The topological polar surface area (TPSA) is 67.8 Å². The molecule has 1 fully saturated rings. The van der Waals surface area contributed by atoms with Crippen molar-refractivity contribution in [3.63, 3.8) is 0 Å². The van der Waals surface area contributed by atoms with Crippen LogP contribution in [0.4, 0.5) is 0 Å². The number of carboxylic acids is 1. The van der Waals surface area contributed by atoms with Gasteiger partial charge in [0.05, 0.1) is 0 Å². The van der Waals surface area contributed by atoms with E-state index in [9.17, 15) is 4.79 Å². The monoisotopic (exact) mass is 249 g/mol. The number of para-hydroxylation sites is 1. The second-order valence-electron chi connectivity index (χ2n) is 4.69. The van der Waals surface area contributed by atoms with Gasteiger partial charge in [-0.25, -0.2) is 0 Å². The van der Waals surface area contributed by atoms with Gasteiger partial charge in [-0.2, -0.15) is 0 Å². The fourth-order valence-corrected chi connectivity index (χ4v) is 2.23. The summed E-state index contributed by atoms with van der Waals surface area (Å²) < 4.78 is 10.7. The summed E-state index contributed by atoms with van der Waals surface area (Å²) in [6.45, 7) is 0.720. The molecule has 96 valence electrons. The molecule has 1 aromatic rings. The Balaban J connectivity index is 1.69. The second kappa shape index (κ2) is 4.49. The molecule has 5 heteroatoms. The van der Waals surface area contributed by atoms with Crippen molar-refractivity contribution in [2.75, 3.05) is 6.79 Å². The third-order valence-corrected chi connectivity index (χ3v) is 3.35. The molecule has 1 unspecified atom stereocenters. The molecule has 0 spiro atoms. The number of nitrogens with one attached hydrogen (secondary N) is 1. The Morgan fingerprint density at radius 3 is 3.00 bits per heavy atom. The standard InChI is InChI=1S/C13H15NO4/c15-13(16)11(8-4-5-8)14-6-9-2-1-3-10-12(9)18-7-17-10/h1-3,8,11,14H,4-7H2,(H,15,16). The maximum absolute atomic E-state index is 11.1. The molecular formula is C13H15NO4. The molecule has 5 nitrogen and oxygen atoms in total. The Morgan fingerprint density at radius 2 is 2.28 bits per heavy atom. The van der Waals surface area contributed by atoms with Crippen LogP contribution in [0.5, 0.6) is 11.5 Å². The fraction of sp³-hybridized carbons (Fsp3) is 0.462. The number of hydrogen-bond acceptors (Lipinski definition) is 4. The lowest BCUT2D eigenvalue weighted by atomic mass is 10.1. The van der Waals surface area contributed by atoms with Crippen LogP contribution in [0.2, 0.25) is 0 Å². The fourth-order valence-electron chi connectivity index (χ4n) is 2.23. The second-order valence-corrected chi connectivity index (χ2v) is 4.69. The first-order valence-corrected chi connectivity index (χ1v) is 6.09. The van der Waals surface area contributed by atoms with E-state index in [0.717, 1.165) is 29.9 Å². The van der Waals surface area contributed by atoms with Crippen LogP contribution in [0.1, 0.15) is 18.4 Å². The van der Waals surface area contributed by atoms with E-state index in [4.69, 9.17) is 14.6 Å². The van der Waals surface area contributed by atoms with E-state index in [0.29, 0.717) is 6.54 Å². The van der Waals surface area contributed by atoms with Gasteiger partial charge in [0.15, 0.2) is 11.5 Å². The van der Waals surface area contributed by atoms with Crippen molar-refractivity contribution in [2.24, 2.45) is 5.92 Å². The Hall–Kier alpha value is -1.75. The van der Waals surface area contributed by atoms with Crippen LogP contribution in [0.15, 0.2) is 18.2 Å². The van der Waals surface area contributed by atoms with Crippen molar-refractivity contribution < 1.29 is 19.4 Å². The molecule has 0 radical (unpaired) electrons. The number of hydrogen-bond donors (Lipinski definition) is 2. The lowest BCUT2D eigenvalue weighted by Gasteiger charge is -2.14. The Labute approximate surface area is 105 Å². The average Bonchev–Trinajstić information content (AvgIpc) is 3.06. The van der Waals surface area contributed by atoms with E-state index >= 15 is 0 Å². The molecule has 3 rings (SSSR count). The van der Waals surface area contributed by atoms with Gasteiger partial charge in [-0.3, -0.25) is 10.1 Å². The molecule has 2 N–H and O–H groups in total. The minimum absolute atomic E-state index is 0.233. The summed E-state index contributed by atoms with van der Waals surface area (Å²) in [5.41, 5.74) is 0.942. The van der Waals surface area contributed by atoms with E-state index in [1.54, 1.807) is 0 Å². The van der Waals surface area contributed by atoms with E-state index in [1.807, 2.05) is 18.2 Å². The third kappa shape index (κ3) is 2.13. The first kappa shape index (κ1) is 11.3. The van der Waals surface area contributed by atoms with E-state index in [-0.39, 0.29) is 12.7 Å². The van der Waals surface area contributed by atoms with Crippen molar-refractivity contribution in [1.82, 2.24) is 5.32 Å². The van der Waals surface area contributed by atoms with Crippen LogP contribution in [-0.2, 0) is 11.3 Å². The summed E-state index contributed by atoms with van der Waals surface area (Å²) in [6.07, 6.45) is 1.99. The molecule has 1 aliphatic heterocycles. The molecule has 0 bridgehead atoms. The molecule has 0 amide bonds. The van der Waals surface area contributed by atoms with Crippen LogP contribution in [0.25, 0.3) is 0 Å². The molecule has 1 heterocycles. The van der Waals surface area contributed by atoms with Gasteiger partial charge in [-0.05, 0) is 24.8 Å². The maximum Gasteiger partial charge on any atom is 0.320 e. The highest BCUT2D eigenvalue weighted by molar-refractivity contribution is 5.74. The lowest BCUT2D eigenvalue weighted by Crippen LogP contribution is -2.38. The van der Waals surface area contributed by atoms with Crippen LogP contribution >= 0.6 is 0 Å². The van der Waals surface area contributed by atoms with Crippen molar-refractivity contribution in [1.29, 1.82) is 0 Å². The highest BCUT2D eigenvalue weighted by Crippen LogP contribution is 2.36. The zero-order chi connectivity index (χ0) is 12.5. The predicted molar refractivity (Wildman–Crippen MR) is 63.6 cm³/mol. The zero-order valence-electron chi connectivity index (χ0n) is 9.89. The van der Waals surface area contributed by atoms with Crippen LogP contribution < -0.4 is 14.8 Å². The molecule has 1 aliphatic carbocycles. The Kier molecular flexibility index (Phi) is 2.83. The molecule has 1 atom stereocenters. The summed E-state index contributed by atoms with van der Waals surface area (Å²) >= 11 is 0. The lowest BCUT2D eigenvalue weighted by molar-refractivity contribution is -0.140. The number of benzene rings is 1. The van der Waals surface area contributed by atoms with Gasteiger partial charge in [0.2, 0.25) is 6.79 Å². The van der Waals surface area contributed by atoms with E-state index in [1.165, 1.54) is 0 Å². The summed E-state index contributed by atoms with van der Waals surface area (Å²) in [5.74, 6) is 0.955. The summed E-state index contributed by atoms with van der Waals surface area (Å²) in [6, 6.07) is 5.20. The number of ether oxygens (including phenoxy) is 2. The average molecular weight is 249 g/mol. The highest BCUT2D eigenvalue weighted by atomic mass is 16.7. The summed E-state index contributed by atoms with van der Waals surface area (Å²) in [5, 5.41) is 12.2. The number of rotatable bonds is 5. The van der Waals surface area contributed by atoms with Gasteiger partial charge in [-0.15, -0.1) is 0 Å². The number of carbonyl (C=O) groups is 1. The Bertz CT molecular complexity index is 470. The first-order valence-electron chi connectivity index (χ1n) is 6.09. The van der Waals surface area contributed by atoms with Gasteiger partial charge in [0.1, 0.15) is 6.04 Å². The van der Waals surface area contributed by atoms with Crippen molar-refractivity contribution in [2.45, 2.75) is 25.4 Å². The van der Waals surface area contributed by atoms with E-state index < -0.39 is 12.0 Å². The first-order chi connectivity index (χ1) is 8.75. The van der Waals surface area contributed by atoms with Gasteiger partial charge in [0.25, 0.3) is 0 Å². The van der Waals surface area contributed by atoms with Crippen molar-refractivity contribution >= 4 is 5.97 Å². The van der Waals surface area contributed by atoms with Crippen molar-refractivity contribution in [3.05, 3.63) is 23.8 Å². The van der Waals surface area contributed by atoms with Gasteiger partial charge >= 0.3 is 5.97 Å². The number of carboxylic acid groups (broad SMARTS) is 1. The summed E-state index contributed by atoms with van der Waals surface area (Å²) in [4.78, 5) is 11.1. The van der Waals surface area contributed by atoms with Crippen molar-refractivity contribution in [3.8, 4) is 11.5 Å². The quantitative estimate of drug-likeness (QED) is 0.825. The Morgan fingerprint density at radius 1 is 1.44 bits per heavy atom. The zero-order valence-corrected chi connectivity index (χ0v) is 9.89. The van der Waals surface area contributed by atoms with Crippen LogP contribution in [0.3, 0.4) is 0 Å². The normalized spacial score (nSPS) is 18.7. The molecule has 0 aromatic heterocycles. The number of aliphatic carboxylic acids is 1. The van der Waals surface area contributed by atoms with Gasteiger partial charge in [0, 0.05) is 12.1 Å². The minimum atomic E-state index is -0.776. The number of fused-ring (bicyclic) bond motifs is 1. The minimum Gasteiger partial charge on any atom is -0.480 e. The molecule has 1 saturated carbocycles. The smallest absolute Gasteiger partial charge is 0.320 e.